The Bertz CT molecular complexity index is 1440. The fourth-order valence-corrected chi connectivity index (χ4v) is 6.19. The van der Waals surface area contributed by atoms with E-state index < -0.39 is 10.0 Å². The van der Waals surface area contributed by atoms with Gasteiger partial charge in [0.25, 0.3) is 0 Å². The fraction of sp³-hybridized carbons (Fsp3) is 0.357. The van der Waals surface area contributed by atoms with Crippen LogP contribution in [0.3, 0.4) is 0 Å². The molecule has 0 radical (unpaired) electrons. The second kappa shape index (κ2) is 10.1. The molecule has 1 saturated heterocycles. The molecule has 5 rings (SSSR count). The van der Waals surface area contributed by atoms with Gasteiger partial charge >= 0.3 is 0 Å². The summed E-state index contributed by atoms with van der Waals surface area (Å²) in [6.07, 6.45) is 9.62. The van der Waals surface area contributed by atoms with Crippen molar-refractivity contribution in [2.45, 2.75) is 37.5 Å². The topological polar surface area (TPSA) is 89.6 Å². The third kappa shape index (κ3) is 5.06. The Kier molecular flexibility index (Phi) is 6.92. The summed E-state index contributed by atoms with van der Waals surface area (Å²) in [7, 11) is -0.826. The minimum absolute atomic E-state index is 0.173. The summed E-state index contributed by atoms with van der Waals surface area (Å²) < 4.78 is 28.3. The number of hydrogen-bond acceptors (Lipinski definition) is 5. The maximum absolute atomic E-state index is 13.6. The molecular formula is C28H33N5O3S. The van der Waals surface area contributed by atoms with Crippen molar-refractivity contribution in [2.24, 2.45) is 0 Å². The molecule has 8 nitrogen and oxygen atoms in total. The van der Waals surface area contributed by atoms with Crippen LogP contribution in [0.4, 0.5) is 11.4 Å². The van der Waals surface area contributed by atoms with Gasteiger partial charge in [0.05, 0.1) is 11.4 Å². The number of pyridine rings is 1. The van der Waals surface area contributed by atoms with E-state index in [0.717, 1.165) is 65.7 Å². The highest BCUT2D eigenvalue weighted by atomic mass is 32.2. The van der Waals surface area contributed by atoms with Gasteiger partial charge in [-0.3, -0.25) is 9.78 Å². The van der Waals surface area contributed by atoms with Gasteiger partial charge in [-0.2, -0.15) is 4.31 Å². The number of allylic oxidation sites excluding steroid dienone is 1. The Labute approximate surface area is 218 Å². The van der Waals surface area contributed by atoms with E-state index in [4.69, 9.17) is 0 Å². The lowest BCUT2D eigenvalue weighted by atomic mass is 9.98. The van der Waals surface area contributed by atoms with E-state index in [9.17, 15) is 13.2 Å². The summed E-state index contributed by atoms with van der Waals surface area (Å²) in [4.78, 5) is 24.3. The Hall–Kier alpha value is -3.43. The first-order valence-electron chi connectivity index (χ1n) is 12.7. The molecule has 1 aliphatic heterocycles. The van der Waals surface area contributed by atoms with E-state index in [-0.39, 0.29) is 17.3 Å². The van der Waals surface area contributed by atoms with Gasteiger partial charge in [-0.15, -0.1) is 0 Å². The zero-order valence-electron chi connectivity index (χ0n) is 21.6. The number of nitrogens with zero attached hydrogens (tertiary/aromatic N) is 4. The summed E-state index contributed by atoms with van der Waals surface area (Å²) in [5.74, 6) is -0.328. The van der Waals surface area contributed by atoms with Crippen LogP contribution in [0.15, 0.2) is 59.3 Å². The largest absolute Gasteiger partial charge is 0.371 e. The van der Waals surface area contributed by atoms with Crippen molar-refractivity contribution < 1.29 is 13.2 Å². The van der Waals surface area contributed by atoms with Crippen LogP contribution in [0.5, 0.6) is 0 Å². The number of fused-ring (bicyclic) bond motifs is 1. The van der Waals surface area contributed by atoms with Crippen molar-refractivity contribution in [3.63, 3.8) is 0 Å². The monoisotopic (exact) mass is 519 g/mol. The summed E-state index contributed by atoms with van der Waals surface area (Å²) in [5, 5.41) is 0. The number of amides is 1. The predicted molar refractivity (Wildman–Crippen MR) is 147 cm³/mol. The van der Waals surface area contributed by atoms with E-state index in [1.165, 1.54) is 23.1 Å². The average Bonchev–Trinajstić information content (AvgIpc) is 3.58. The Morgan fingerprint density at radius 1 is 1.05 bits per heavy atom. The highest BCUT2D eigenvalue weighted by molar-refractivity contribution is 7.89. The van der Waals surface area contributed by atoms with E-state index in [1.807, 2.05) is 6.07 Å². The molecule has 37 heavy (non-hydrogen) atoms. The minimum Gasteiger partial charge on any atom is -0.371 e. The second-order valence-electron chi connectivity index (χ2n) is 9.90. The lowest BCUT2D eigenvalue weighted by Gasteiger charge is -2.24. The molecule has 9 heteroatoms. The third-order valence-electron chi connectivity index (χ3n) is 7.31. The van der Waals surface area contributed by atoms with Gasteiger partial charge in [-0.25, -0.2) is 8.42 Å². The Balaban J connectivity index is 1.46. The van der Waals surface area contributed by atoms with Gasteiger partial charge < -0.3 is 14.8 Å². The van der Waals surface area contributed by atoms with E-state index in [2.05, 4.69) is 33.9 Å². The van der Waals surface area contributed by atoms with Crippen molar-refractivity contribution in [3.05, 3.63) is 65.6 Å². The quantitative estimate of drug-likeness (QED) is 0.503. The smallest absolute Gasteiger partial charge is 0.243 e. The summed E-state index contributed by atoms with van der Waals surface area (Å²) in [5.41, 5.74) is 7.17. The zero-order chi connectivity index (χ0) is 26.2. The predicted octanol–water partition coefficient (Wildman–Crippen LogP) is 4.31. The molecule has 2 aromatic heterocycles. The van der Waals surface area contributed by atoms with Gasteiger partial charge in [0.1, 0.15) is 0 Å². The van der Waals surface area contributed by atoms with E-state index in [0.29, 0.717) is 5.69 Å². The number of likely N-dealkylation sites (N-methyl/N-ethyl adjacent to an activating group) is 2. The van der Waals surface area contributed by atoms with E-state index in [1.54, 1.807) is 43.7 Å². The number of nitrogens with one attached hydrogen (secondary N) is 1. The molecule has 0 saturated carbocycles. The zero-order valence-corrected chi connectivity index (χ0v) is 22.4. The molecule has 2 aliphatic rings. The van der Waals surface area contributed by atoms with Crippen molar-refractivity contribution >= 4 is 33.4 Å². The van der Waals surface area contributed by atoms with Crippen LogP contribution >= 0.6 is 0 Å². The number of benzene rings is 1. The van der Waals surface area contributed by atoms with Gasteiger partial charge in [0.2, 0.25) is 15.9 Å². The molecule has 1 N–H and O–H groups in total. The fourth-order valence-electron chi connectivity index (χ4n) is 5.04. The van der Waals surface area contributed by atoms with E-state index >= 15 is 0 Å². The molecule has 1 aliphatic carbocycles. The molecule has 1 amide bonds. The van der Waals surface area contributed by atoms with Gasteiger partial charge in [-0.05, 0) is 80.6 Å². The first kappa shape index (κ1) is 25.2. The molecule has 3 heterocycles. The highest BCUT2D eigenvalue weighted by Crippen LogP contribution is 2.37. The van der Waals surface area contributed by atoms with Crippen molar-refractivity contribution in [1.29, 1.82) is 0 Å². The number of H-pyrrole nitrogens is 1. The maximum atomic E-state index is 13.6. The Morgan fingerprint density at radius 2 is 1.78 bits per heavy atom. The SMILES string of the molecule is CC1=Cc2[nH]c(-c3cc(S(=O)(=O)N(C)CC(=O)N(C)c4ccncc4)ccc3N3CCCC3)cc2CC1. The molecule has 0 spiro atoms. The molecule has 0 atom stereocenters. The molecule has 0 bridgehead atoms. The lowest BCUT2D eigenvalue weighted by Crippen LogP contribution is -2.39. The number of carbonyl (C=O) groups excluding carboxylic acids is 1. The number of sulfonamides is 1. The number of anilines is 2. The molecule has 1 fully saturated rings. The maximum Gasteiger partial charge on any atom is 0.243 e. The number of aromatic amines is 1. The standard InChI is InChI=1S/C28H33N5O3S/c1-20-6-7-21-17-26(30-25(21)16-20)24-18-23(8-9-27(24)33-14-4-5-15-33)37(35,36)31(2)19-28(34)32(3)22-10-12-29-13-11-22/h8-13,16-18,30H,4-7,14-15,19H2,1-3H3. The van der Waals surface area contributed by atoms with Crippen LogP contribution < -0.4 is 9.80 Å². The number of rotatable bonds is 7. The van der Waals surface area contributed by atoms with Crippen molar-refractivity contribution in [1.82, 2.24) is 14.3 Å². The molecule has 0 unspecified atom stereocenters. The number of hydrogen-bond donors (Lipinski definition) is 1. The van der Waals surface area contributed by atoms with Gasteiger partial charge in [-0.1, -0.05) is 5.57 Å². The molecule has 194 valence electrons. The van der Waals surface area contributed by atoms with Crippen LogP contribution in [0.2, 0.25) is 0 Å². The normalized spacial score (nSPS) is 15.6. The summed E-state index contributed by atoms with van der Waals surface area (Å²) in [6, 6.07) is 10.9. The second-order valence-corrected chi connectivity index (χ2v) is 11.9. The van der Waals surface area contributed by atoms with Crippen LogP contribution in [0.1, 0.15) is 37.4 Å². The first-order chi connectivity index (χ1) is 17.7. The average molecular weight is 520 g/mol. The van der Waals surface area contributed by atoms with Crippen molar-refractivity contribution in [2.75, 3.05) is 43.5 Å². The lowest BCUT2D eigenvalue weighted by molar-refractivity contribution is -0.118. The van der Waals surface area contributed by atoms with Crippen molar-refractivity contribution in [3.8, 4) is 11.3 Å². The summed E-state index contributed by atoms with van der Waals surface area (Å²) >= 11 is 0. The number of aromatic nitrogens is 2. The summed E-state index contributed by atoms with van der Waals surface area (Å²) in [6.45, 7) is 3.77. The van der Waals surface area contributed by atoms with Crippen LogP contribution in [-0.4, -0.2) is 62.3 Å². The number of carbonyl (C=O) groups is 1. The van der Waals surface area contributed by atoms with Gasteiger partial charge in [0.15, 0.2) is 0 Å². The molecule has 1 aromatic carbocycles. The van der Waals surface area contributed by atoms with Gasteiger partial charge in [0, 0.05) is 67.9 Å². The minimum atomic E-state index is -3.90. The highest BCUT2D eigenvalue weighted by Gasteiger charge is 2.27. The van der Waals surface area contributed by atoms with Crippen LogP contribution in [-0.2, 0) is 21.2 Å². The van der Waals surface area contributed by atoms with Crippen LogP contribution in [0.25, 0.3) is 17.3 Å². The van der Waals surface area contributed by atoms with Crippen LogP contribution in [0, 0.1) is 0 Å². The first-order valence-corrected chi connectivity index (χ1v) is 14.1. The Morgan fingerprint density at radius 3 is 2.51 bits per heavy atom. The molecule has 3 aromatic rings. The molecular weight excluding hydrogens is 486 g/mol. The number of aryl methyl sites for hydroxylation is 1. The third-order valence-corrected chi connectivity index (χ3v) is 9.11.